The molecule has 2 aromatic rings. The van der Waals surface area contributed by atoms with Gasteiger partial charge in [0.2, 0.25) is 0 Å². The zero-order valence-electron chi connectivity index (χ0n) is 14.1. The van der Waals surface area contributed by atoms with Gasteiger partial charge in [0.25, 0.3) is 0 Å². The second kappa shape index (κ2) is 8.32. The number of carbonyl (C=O) groups excluding carboxylic acids is 2. The van der Waals surface area contributed by atoms with Crippen LogP contribution in [0.1, 0.15) is 11.3 Å². The van der Waals surface area contributed by atoms with Crippen LogP contribution in [0.2, 0.25) is 0 Å². The van der Waals surface area contributed by atoms with Gasteiger partial charge in [-0.25, -0.2) is 14.6 Å². The summed E-state index contributed by atoms with van der Waals surface area (Å²) in [5, 5.41) is 2.08. The summed E-state index contributed by atoms with van der Waals surface area (Å²) in [5.74, 6) is -3.83. The zero-order chi connectivity index (χ0) is 21.8. The summed E-state index contributed by atoms with van der Waals surface area (Å²) >= 11 is 0. The molecule has 0 spiro atoms. The third-order valence-corrected chi connectivity index (χ3v) is 3.41. The first kappa shape index (κ1) is 21.9. The molecule has 1 aromatic carbocycles. The Morgan fingerprint density at radius 3 is 2.21 bits per heavy atom. The van der Waals surface area contributed by atoms with Crippen molar-refractivity contribution >= 4 is 11.9 Å². The van der Waals surface area contributed by atoms with Gasteiger partial charge in [0, 0.05) is 11.8 Å². The van der Waals surface area contributed by atoms with Crippen LogP contribution in [0, 0.1) is 5.82 Å². The molecule has 0 fully saturated rings. The van der Waals surface area contributed by atoms with Gasteiger partial charge in [0.15, 0.2) is 0 Å². The zero-order valence-corrected chi connectivity index (χ0v) is 14.1. The van der Waals surface area contributed by atoms with E-state index in [0.717, 1.165) is 23.8 Å². The third kappa shape index (κ3) is 5.80. The fraction of sp³-hybridized carbons (Fsp3) is 0.188. The summed E-state index contributed by atoms with van der Waals surface area (Å²) in [6.07, 6.45) is -9.10. The number of aromatic nitrogens is 1. The van der Waals surface area contributed by atoms with Crippen LogP contribution in [0.15, 0.2) is 36.5 Å². The molecule has 0 aliphatic rings. The molecule has 2 rings (SSSR count). The summed E-state index contributed by atoms with van der Waals surface area (Å²) in [5.41, 5.74) is 0.800. The predicted octanol–water partition coefficient (Wildman–Crippen LogP) is 3.30. The van der Waals surface area contributed by atoms with Crippen LogP contribution in [0.25, 0.3) is 11.1 Å². The monoisotopic (exact) mass is 424 g/mol. The van der Waals surface area contributed by atoms with E-state index in [1.54, 1.807) is 0 Å². The first-order chi connectivity index (χ1) is 13.4. The molecule has 0 unspecified atom stereocenters. The number of carbonyl (C=O) groups is 2. The lowest BCUT2D eigenvalue weighted by molar-refractivity contribution is -0.174. The van der Waals surface area contributed by atoms with Crippen molar-refractivity contribution in [3.05, 3.63) is 53.6 Å². The van der Waals surface area contributed by atoms with Crippen molar-refractivity contribution in [3.63, 3.8) is 0 Å². The molecule has 29 heavy (non-hydrogen) atoms. The molecule has 0 saturated carbocycles. The molecule has 3 amide bonds. The molecule has 1 aromatic heterocycles. The molecule has 156 valence electrons. The van der Waals surface area contributed by atoms with Crippen molar-refractivity contribution in [2.24, 2.45) is 0 Å². The first-order valence-electron chi connectivity index (χ1n) is 7.61. The minimum atomic E-state index is -5.18. The van der Waals surface area contributed by atoms with Crippen molar-refractivity contribution in [2.75, 3.05) is 0 Å². The number of halogens is 7. The maximum Gasteiger partial charge on any atom is 0.472 e. The molecule has 0 atom stereocenters. The van der Waals surface area contributed by atoms with Gasteiger partial charge in [0.05, 0.1) is 17.8 Å². The van der Waals surface area contributed by atoms with Crippen molar-refractivity contribution in [1.82, 2.24) is 21.2 Å². The molecule has 0 aliphatic heterocycles. The van der Waals surface area contributed by atoms with Crippen molar-refractivity contribution in [1.29, 1.82) is 0 Å². The Hall–Kier alpha value is -3.38. The Bertz CT molecular complexity index is 896. The summed E-state index contributed by atoms with van der Waals surface area (Å²) in [6.45, 7) is -0.316. The molecular formula is C16H11F7N4O2. The second-order valence-electron chi connectivity index (χ2n) is 5.46. The molecule has 0 aliphatic carbocycles. The minimum absolute atomic E-state index is 0.0394. The Balaban J connectivity index is 2.03. The molecule has 0 bridgehead atoms. The molecule has 3 N–H and O–H groups in total. The number of hydrazine groups is 1. The van der Waals surface area contributed by atoms with Gasteiger partial charge in [-0.1, -0.05) is 18.2 Å². The molecule has 0 radical (unpaired) electrons. The molecule has 0 saturated heterocycles. The van der Waals surface area contributed by atoms with Crippen molar-refractivity contribution < 1.29 is 40.3 Å². The number of benzene rings is 1. The lowest BCUT2D eigenvalue weighted by Crippen LogP contribution is -2.50. The highest BCUT2D eigenvalue weighted by atomic mass is 19.4. The van der Waals surface area contributed by atoms with Gasteiger partial charge in [-0.3, -0.25) is 15.2 Å². The Kier molecular flexibility index (Phi) is 6.29. The van der Waals surface area contributed by atoms with E-state index in [1.165, 1.54) is 17.6 Å². The quantitative estimate of drug-likeness (QED) is 0.523. The highest BCUT2D eigenvalue weighted by molar-refractivity contribution is 5.84. The Morgan fingerprint density at radius 2 is 1.66 bits per heavy atom. The van der Waals surface area contributed by atoms with E-state index in [0.29, 0.717) is 6.07 Å². The fourth-order valence-corrected chi connectivity index (χ4v) is 2.14. The maximum absolute atomic E-state index is 13.6. The van der Waals surface area contributed by atoms with Gasteiger partial charge < -0.3 is 5.32 Å². The number of amides is 3. The Labute approximate surface area is 158 Å². The van der Waals surface area contributed by atoms with E-state index in [1.807, 2.05) is 0 Å². The Morgan fingerprint density at radius 1 is 0.966 bits per heavy atom. The fourth-order valence-electron chi connectivity index (χ4n) is 2.14. The normalized spacial score (nSPS) is 11.7. The van der Waals surface area contributed by atoms with Crippen LogP contribution in [-0.4, -0.2) is 23.1 Å². The van der Waals surface area contributed by atoms with Crippen molar-refractivity contribution in [2.45, 2.75) is 18.9 Å². The van der Waals surface area contributed by atoms with Crippen LogP contribution in [0.5, 0.6) is 0 Å². The lowest BCUT2D eigenvalue weighted by atomic mass is 10.00. The van der Waals surface area contributed by atoms with E-state index in [9.17, 15) is 40.3 Å². The van der Waals surface area contributed by atoms with Crippen LogP contribution in [0.3, 0.4) is 0 Å². The number of hydrogen-bond acceptors (Lipinski definition) is 3. The predicted molar refractivity (Wildman–Crippen MR) is 84.2 cm³/mol. The average Bonchev–Trinajstić information content (AvgIpc) is 2.62. The van der Waals surface area contributed by atoms with E-state index < -0.39 is 41.2 Å². The van der Waals surface area contributed by atoms with Gasteiger partial charge in [0.1, 0.15) is 5.82 Å². The van der Waals surface area contributed by atoms with E-state index >= 15 is 0 Å². The third-order valence-electron chi connectivity index (χ3n) is 3.41. The summed E-state index contributed by atoms with van der Waals surface area (Å²) in [4.78, 5) is 25.7. The maximum atomic E-state index is 13.6. The molecule has 1 heterocycles. The van der Waals surface area contributed by atoms with Gasteiger partial charge in [-0.15, -0.1) is 0 Å². The van der Waals surface area contributed by atoms with E-state index in [2.05, 4.69) is 10.3 Å². The molecule has 13 heteroatoms. The van der Waals surface area contributed by atoms with E-state index in [-0.39, 0.29) is 17.8 Å². The lowest BCUT2D eigenvalue weighted by Gasteiger charge is -2.14. The second-order valence-corrected chi connectivity index (χ2v) is 5.46. The summed E-state index contributed by atoms with van der Waals surface area (Å²) in [7, 11) is 0. The number of urea groups is 1. The van der Waals surface area contributed by atoms with E-state index in [4.69, 9.17) is 0 Å². The number of pyridine rings is 1. The van der Waals surface area contributed by atoms with Gasteiger partial charge >= 0.3 is 24.3 Å². The van der Waals surface area contributed by atoms with Crippen LogP contribution in [0.4, 0.5) is 35.5 Å². The summed E-state index contributed by atoms with van der Waals surface area (Å²) in [6, 6.07) is 4.10. The highest BCUT2D eigenvalue weighted by Crippen LogP contribution is 2.38. The molecule has 6 nitrogen and oxygen atoms in total. The topological polar surface area (TPSA) is 83.1 Å². The number of rotatable bonds is 3. The van der Waals surface area contributed by atoms with Gasteiger partial charge in [-0.2, -0.15) is 26.3 Å². The number of alkyl halides is 6. The number of nitrogens with zero attached hydrogens (tertiary/aromatic N) is 1. The smallest absolute Gasteiger partial charge is 0.331 e. The highest BCUT2D eigenvalue weighted by Gasteiger charge is 2.39. The average molecular weight is 424 g/mol. The first-order valence-corrected chi connectivity index (χ1v) is 7.61. The number of nitrogens with one attached hydrogen (secondary N) is 3. The van der Waals surface area contributed by atoms with Crippen molar-refractivity contribution in [3.8, 4) is 11.1 Å². The summed E-state index contributed by atoms with van der Waals surface area (Å²) < 4.78 is 88.7. The SMILES string of the molecule is O=C(NCc1ccc(-c2cccc(F)c2C(F)(F)F)cn1)NNC(=O)C(F)(F)F. The van der Waals surface area contributed by atoms with Gasteiger partial charge in [-0.05, 0) is 17.7 Å². The van der Waals surface area contributed by atoms with Crippen LogP contribution >= 0.6 is 0 Å². The standard InChI is InChI=1S/C16H11F7N4O2/c17-11-3-1-2-10(12(11)15(18,19)20)8-4-5-9(24-6-8)7-25-14(29)27-26-13(28)16(21,22)23/h1-6H,7H2,(H,26,28)(H2,25,27,29). The molecular weight excluding hydrogens is 413 g/mol. The largest absolute Gasteiger partial charge is 0.472 e. The van der Waals surface area contributed by atoms with Crippen LogP contribution < -0.4 is 16.2 Å². The van der Waals surface area contributed by atoms with Crippen LogP contribution in [-0.2, 0) is 17.5 Å². The minimum Gasteiger partial charge on any atom is -0.331 e. The number of hydrogen-bond donors (Lipinski definition) is 3.